The van der Waals surface area contributed by atoms with Crippen LogP contribution in [0.3, 0.4) is 0 Å². The van der Waals surface area contributed by atoms with Crippen LogP contribution in [0.15, 0.2) is 23.1 Å². The zero-order valence-electron chi connectivity index (χ0n) is 17.4. The summed E-state index contributed by atoms with van der Waals surface area (Å²) < 4.78 is 28.3. The molecule has 3 rings (SSSR count). The highest BCUT2D eigenvalue weighted by Crippen LogP contribution is 2.65. The first-order valence-electron chi connectivity index (χ1n) is 9.72. The van der Waals surface area contributed by atoms with Gasteiger partial charge < -0.3 is 10.1 Å². The lowest BCUT2D eigenvalue weighted by molar-refractivity contribution is -0.387. The molecule has 3 atom stereocenters. The number of nitrogens with zero attached hydrogens (tertiary/aromatic N) is 1. The molecular weight excluding hydrogens is 412 g/mol. The van der Waals surface area contributed by atoms with E-state index < -0.39 is 43.8 Å². The summed E-state index contributed by atoms with van der Waals surface area (Å²) in [5.74, 6) is -0.822. The normalized spacial score (nSPS) is 26.9. The largest absolute Gasteiger partial charge is 0.452 e. The number of fused-ring (bicyclic) bond motifs is 2. The molecule has 30 heavy (non-hydrogen) atoms. The predicted molar refractivity (Wildman–Crippen MR) is 108 cm³/mol. The van der Waals surface area contributed by atoms with Gasteiger partial charge >= 0.3 is 5.97 Å². The van der Waals surface area contributed by atoms with Crippen molar-refractivity contribution in [3.05, 3.63) is 33.9 Å². The summed E-state index contributed by atoms with van der Waals surface area (Å²) in [6.45, 7) is 6.12. The molecule has 2 aliphatic carbocycles. The van der Waals surface area contributed by atoms with Gasteiger partial charge in [0.05, 0.1) is 10.5 Å². The van der Waals surface area contributed by atoms with Crippen molar-refractivity contribution in [2.75, 3.05) is 12.9 Å². The number of nitrogens with one attached hydrogen (secondary N) is 1. The van der Waals surface area contributed by atoms with Crippen LogP contribution < -0.4 is 5.32 Å². The lowest BCUT2D eigenvalue weighted by atomic mass is 9.69. The van der Waals surface area contributed by atoms with Crippen molar-refractivity contribution in [2.45, 2.75) is 51.0 Å². The molecule has 164 valence electrons. The van der Waals surface area contributed by atoms with Crippen molar-refractivity contribution in [1.29, 1.82) is 0 Å². The summed E-state index contributed by atoms with van der Waals surface area (Å²) in [5.41, 5.74) is -0.801. The second kappa shape index (κ2) is 7.33. The Hall–Kier alpha value is -2.49. The Bertz CT molecular complexity index is 1020. The van der Waals surface area contributed by atoms with Gasteiger partial charge in [0.15, 0.2) is 16.4 Å². The molecule has 1 amide bonds. The first-order chi connectivity index (χ1) is 13.8. The number of hydrogen-bond acceptors (Lipinski definition) is 7. The third kappa shape index (κ3) is 3.68. The van der Waals surface area contributed by atoms with Gasteiger partial charge in [0.1, 0.15) is 4.90 Å². The molecule has 2 saturated carbocycles. The lowest BCUT2D eigenvalue weighted by Gasteiger charge is -2.39. The Morgan fingerprint density at radius 2 is 1.97 bits per heavy atom. The Morgan fingerprint density at radius 1 is 1.30 bits per heavy atom. The highest BCUT2D eigenvalue weighted by Gasteiger charge is 2.61. The molecule has 0 saturated heterocycles. The smallest absolute Gasteiger partial charge is 0.338 e. The van der Waals surface area contributed by atoms with Gasteiger partial charge in [0.25, 0.3) is 11.6 Å². The minimum Gasteiger partial charge on any atom is -0.452 e. The highest BCUT2D eigenvalue weighted by atomic mass is 32.2. The molecular formula is C20H26N2O7S. The molecule has 0 aliphatic heterocycles. The summed E-state index contributed by atoms with van der Waals surface area (Å²) in [4.78, 5) is 34.4. The Morgan fingerprint density at radius 3 is 2.47 bits per heavy atom. The van der Waals surface area contributed by atoms with E-state index in [0.29, 0.717) is 5.92 Å². The van der Waals surface area contributed by atoms with E-state index in [4.69, 9.17) is 4.74 Å². The van der Waals surface area contributed by atoms with Gasteiger partial charge in [-0.15, -0.1) is 0 Å². The van der Waals surface area contributed by atoms with Crippen molar-refractivity contribution in [3.8, 4) is 0 Å². The number of ether oxygens (including phenoxy) is 1. The maximum atomic E-state index is 12.3. The zero-order valence-corrected chi connectivity index (χ0v) is 18.2. The number of amides is 1. The van der Waals surface area contributed by atoms with Gasteiger partial charge in [-0.1, -0.05) is 20.8 Å². The predicted octanol–water partition coefficient (Wildman–Crippen LogP) is 2.49. The number of sulfone groups is 1. The van der Waals surface area contributed by atoms with Crippen LogP contribution >= 0.6 is 0 Å². The van der Waals surface area contributed by atoms with Gasteiger partial charge in [-0.3, -0.25) is 14.9 Å². The molecule has 2 aliphatic rings. The third-order valence-electron chi connectivity index (χ3n) is 7.25. The van der Waals surface area contributed by atoms with E-state index >= 15 is 0 Å². The minimum atomic E-state index is -3.84. The summed E-state index contributed by atoms with van der Waals surface area (Å²) >= 11 is 0. The van der Waals surface area contributed by atoms with E-state index in [-0.39, 0.29) is 22.4 Å². The first kappa shape index (κ1) is 22.2. The molecule has 2 fully saturated rings. The summed E-state index contributed by atoms with van der Waals surface area (Å²) in [6.07, 6.45) is 3.91. The maximum absolute atomic E-state index is 12.3. The van der Waals surface area contributed by atoms with Crippen LogP contribution in [0.2, 0.25) is 0 Å². The summed E-state index contributed by atoms with van der Waals surface area (Å²) in [5, 5.41) is 14.1. The van der Waals surface area contributed by atoms with Crippen LogP contribution in [-0.4, -0.2) is 44.1 Å². The number of carbonyl (C=O) groups is 2. The second-order valence-electron chi connectivity index (χ2n) is 9.02. The lowest BCUT2D eigenvalue weighted by Crippen LogP contribution is -2.48. The highest BCUT2D eigenvalue weighted by molar-refractivity contribution is 7.90. The van der Waals surface area contributed by atoms with Crippen LogP contribution in [-0.2, 0) is 19.4 Å². The second-order valence-corrected chi connectivity index (χ2v) is 11.0. The Labute approximate surface area is 175 Å². The Kier molecular flexibility index (Phi) is 5.43. The molecule has 0 unspecified atom stereocenters. The molecule has 0 spiro atoms. The van der Waals surface area contributed by atoms with Crippen LogP contribution in [0.5, 0.6) is 0 Å². The molecule has 10 heteroatoms. The van der Waals surface area contributed by atoms with E-state index in [0.717, 1.165) is 43.7 Å². The SMILES string of the molecule is CC1(C)[C@@H]2CC[C@@]1(C)[C@H](NC(=O)COC(=O)c1ccc(S(C)(=O)=O)c([N+](=O)[O-])c1)C2. The van der Waals surface area contributed by atoms with Crippen LogP contribution in [0.4, 0.5) is 5.69 Å². The number of esters is 1. The molecule has 0 heterocycles. The summed E-state index contributed by atoms with van der Waals surface area (Å²) in [7, 11) is -3.84. The molecule has 2 bridgehead atoms. The molecule has 1 aromatic carbocycles. The minimum absolute atomic E-state index is 0.00702. The van der Waals surface area contributed by atoms with Gasteiger partial charge in [-0.25, -0.2) is 13.2 Å². The first-order valence-corrected chi connectivity index (χ1v) is 11.6. The monoisotopic (exact) mass is 438 g/mol. The van der Waals surface area contributed by atoms with E-state index in [9.17, 15) is 28.1 Å². The van der Waals surface area contributed by atoms with Crippen molar-refractivity contribution >= 4 is 27.4 Å². The number of carbonyl (C=O) groups excluding carboxylic acids is 2. The van der Waals surface area contributed by atoms with E-state index in [1.807, 2.05) is 0 Å². The number of rotatable bonds is 6. The topological polar surface area (TPSA) is 133 Å². The Balaban J connectivity index is 1.64. The van der Waals surface area contributed by atoms with E-state index in [2.05, 4.69) is 26.1 Å². The fourth-order valence-corrected chi connectivity index (χ4v) is 5.80. The van der Waals surface area contributed by atoms with Crippen molar-refractivity contribution in [3.63, 3.8) is 0 Å². The average Bonchev–Trinajstić information content (AvgIpc) is 2.98. The quantitative estimate of drug-likeness (QED) is 0.410. The van der Waals surface area contributed by atoms with Crippen molar-refractivity contribution in [2.24, 2.45) is 16.7 Å². The third-order valence-corrected chi connectivity index (χ3v) is 8.40. The fourth-order valence-electron chi connectivity index (χ4n) is 4.97. The fraction of sp³-hybridized carbons (Fsp3) is 0.600. The summed E-state index contributed by atoms with van der Waals surface area (Å²) in [6, 6.07) is 2.97. The van der Waals surface area contributed by atoms with Crippen molar-refractivity contribution in [1.82, 2.24) is 5.32 Å². The number of nitro groups is 1. The molecule has 0 radical (unpaired) electrons. The van der Waals surface area contributed by atoms with Gasteiger partial charge in [0, 0.05) is 18.4 Å². The van der Waals surface area contributed by atoms with Crippen LogP contribution in [0.1, 0.15) is 50.4 Å². The van der Waals surface area contributed by atoms with Gasteiger partial charge in [-0.05, 0) is 48.1 Å². The average molecular weight is 439 g/mol. The van der Waals surface area contributed by atoms with Crippen LogP contribution in [0.25, 0.3) is 0 Å². The van der Waals surface area contributed by atoms with Gasteiger partial charge in [-0.2, -0.15) is 0 Å². The van der Waals surface area contributed by atoms with Crippen molar-refractivity contribution < 1.29 is 27.7 Å². The molecule has 1 aromatic rings. The van der Waals surface area contributed by atoms with E-state index in [1.165, 1.54) is 0 Å². The molecule has 0 aromatic heterocycles. The number of hydrogen-bond donors (Lipinski definition) is 1. The standard InChI is InChI=1S/C20H26N2O7S/c1-19(2)13-7-8-20(19,3)16(10-13)21-17(23)11-29-18(24)12-5-6-15(30(4,27)28)14(9-12)22(25)26/h5-6,9,13,16H,7-8,10-11H2,1-4H3,(H,21,23)/t13-,16-,20+/m1/s1. The number of nitro benzene ring substituents is 1. The van der Waals surface area contributed by atoms with Crippen LogP contribution in [0, 0.1) is 26.9 Å². The van der Waals surface area contributed by atoms with Gasteiger partial charge in [0.2, 0.25) is 0 Å². The molecule has 9 nitrogen and oxygen atoms in total. The molecule has 1 N–H and O–H groups in total. The maximum Gasteiger partial charge on any atom is 0.338 e. The van der Waals surface area contributed by atoms with E-state index in [1.54, 1.807) is 0 Å². The zero-order chi connectivity index (χ0) is 22.5. The number of benzene rings is 1.